The van der Waals surface area contributed by atoms with E-state index in [1.54, 1.807) is 13.1 Å². The van der Waals surface area contributed by atoms with Crippen LogP contribution in [0.4, 0.5) is 14.5 Å². The van der Waals surface area contributed by atoms with Crippen LogP contribution in [0.2, 0.25) is 0 Å². The average Bonchev–Trinajstić information content (AvgIpc) is 2.66. The molecule has 0 amide bonds. The highest BCUT2D eigenvalue weighted by Gasteiger charge is 1.95. The Kier molecular flexibility index (Phi) is 15.3. The first kappa shape index (κ1) is 27.6. The minimum absolute atomic E-state index is 0.0978. The van der Waals surface area contributed by atoms with E-state index in [1.807, 2.05) is 30.3 Å². The number of anilines is 1. The summed E-state index contributed by atoms with van der Waals surface area (Å²) >= 11 is 0. The minimum atomic E-state index is -0.891. The number of aromatic nitrogens is 1. The summed E-state index contributed by atoms with van der Waals surface area (Å²) < 4.78 is 23.1. The number of allylic oxidation sites excluding steroid dienone is 4. The molecule has 4 nitrogen and oxygen atoms in total. The highest BCUT2D eigenvalue weighted by atomic mass is 19.2. The number of nitrogens with zero attached hydrogens (tertiary/aromatic N) is 1. The molecule has 28 heavy (non-hydrogen) atoms. The van der Waals surface area contributed by atoms with Crippen LogP contribution in [0.5, 0.6) is 0 Å². The zero-order valence-electron chi connectivity index (χ0n) is 17.5. The molecule has 0 aliphatic rings. The van der Waals surface area contributed by atoms with Gasteiger partial charge in [0.2, 0.25) is 0 Å². The molecule has 0 unspecified atom stereocenters. The third-order valence-corrected chi connectivity index (χ3v) is 2.35. The number of aliphatic hydroxyl groups is 1. The van der Waals surface area contributed by atoms with Gasteiger partial charge in [0.25, 0.3) is 0 Å². The first-order chi connectivity index (χ1) is 13.1. The Balaban J connectivity index is 0. The Morgan fingerprint density at radius 3 is 2.14 bits per heavy atom. The van der Waals surface area contributed by atoms with Crippen molar-refractivity contribution in [3.05, 3.63) is 73.0 Å². The number of benzene rings is 1. The van der Waals surface area contributed by atoms with E-state index in [2.05, 4.69) is 44.7 Å². The summed E-state index contributed by atoms with van der Waals surface area (Å²) in [4.78, 5) is 4.13. The maximum atomic E-state index is 11.9. The van der Waals surface area contributed by atoms with Crippen molar-refractivity contribution in [2.24, 2.45) is 5.41 Å². The average molecular weight is 395 g/mol. The lowest BCUT2D eigenvalue weighted by molar-refractivity contribution is 0.389. The van der Waals surface area contributed by atoms with E-state index in [-0.39, 0.29) is 6.33 Å². The van der Waals surface area contributed by atoms with E-state index in [1.165, 1.54) is 6.08 Å². The molecule has 0 bridgehead atoms. The van der Waals surface area contributed by atoms with Crippen LogP contribution >= 0.6 is 0 Å². The number of hydrogen-bond acceptors (Lipinski definition) is 4. The molecule has 6 heteroatoms. The van der Waals surface area contributed by atoms with E-state index in [9.17, 15) is 8.78 Å². The van der Waals surface area contributed by atoms with Gasteiger partial charge >= 0.3 is 0 Å². The highest BCUT2D eigenvalue weighted by Crippen LogP contribution is 2.14. The smallest absolute Gasteiger partial charge is 0.151 e. The Morgan fingerprint density at radius 1 is 1.14 bits per heavy atom. The lowest BCUT2D eigenvalue weighted by Crippen LogP contribution is -1.93. The predicted molar refractivity (Wildman–Crippen MR) is 115 cm³/mol. The van der Waals surface area contributed by atoms with E-state index in [4.69, 9.17) is 10.3 Å². The van der Waals surface area contributed by atoms with Gasteiger partial charge in [0, 0.05) is 12.5 Å². The molecule has 1 heterocycles. The van der Waals surface area contributed by atoms with Gasteiger partial charge in [0.15, 0.2) is 5.83 Å². The molecule has 0 spiro atoms. The maximum Gasteiger partial charge on any atom is 0.151 e. The first-order valence-electron chi connectivity index (χ1n) is 8.56. The number of nitrogens with one attached hydrogen (secondary N) is 1. The van der Waals surface area contributed by atoms with Crippen molar-refractivity contribution < 1.29 is 19.1 Å². The summed E-state index contributed by atoms with van der Waals surface area (Å²) in [7, 11) is 1.00. The largest absolute Gasteiger partial charge is 0.400 e. The number of fused-ring (bicyclic) bond motifs is 1. The van der Waals surface area contributed by atoms with Crippen LogP contribution in [0.25, 0.3) is 10.9 Å². The Bertz CT molecular complexity index is 746. The lowest BCUT2D eigenvalue weighted by Gasteiger charge is -2.05. The number of aliphatic hydroxyl groups excluding tert-OH is 1. The number of para-hydroxylation sites is 1. The topological polar surface area (TPSA) is 65.4 Å². The van der Waals surface area contributed by atoms with Crippen LogP contribution in [-0.2, 0) is 0 Å². The molecule has 0 atom stereocenters. The van der Waals surface area contributed by atoms with Crippen LogP contribution < -0.4 is 5.48 Å². The lowest BCUT2D eigenvalue weighted by atomic mass is 10.0. The summed E-state index contributed by atoms with van der Waals surface area (Å²) in [5.74, 6) is -0.891. The molecule has 1 aromatic heterocycles. The number of halogens is 2. The van der Waals surface area contributed by atoms with E-state index in [0.29, 0.717) is 16.7 Å². The fourth-order valence-electron chi connectivity index (χ4n) is 1.39. The van der Waals surface area contributed by atoms with Gasteiger partial charge in [-0.2, -0.15) is 0 Å². The maximum absolute atomic E-state index is 11.9. The molecule has 0 radical (unpaired) electrons. The second kappa shape index (κ2) is 15.5. The van der Waals surface area contributed by atoms with Crippen molar-refractivity contribution in [3.63, 3.8) is 0 Å². The van der Waals surface area contributed by atoms with Gasteiger partial charge in [-0.1, -0.05) is 64.1 Å². The van der Waals surface area contributed by atoms with Gasteiger partial charge in [0.05, 0.1) is 17.4 Å². The third kappa shape index (κ3) is 16.9. The van der Waals surface area contributed by atoms with E-state index < -0.39 is 5.83 Å². The van der Waals surface area contributed by atoms with E-state index in [0.717, 1.165) is 24.1 Å². The predicted octanol–water partition coefficient (Wildman–Crippen LogP) is 6.60. The molecular weight excluding hydrogens is 362 g/mol. The summed E-state index contributed by atoms with van der Waals surface area (Å²) in [6.45, 7) is 13.9. The van der Waals surface area contributed by atoms with Gasteiger partial charge in [-0.05, 0) is 30.5 Å². The molecule has 2 rings (SSSR count). The Morgan fingerprint density at radius 2 is 1.68 bits per heavy atom. The molecule has 1 aromatic carbocycles. The summed E-state index contributed by atoms with van der Waals surface area (Å²) in [6, 6.07) is 9.58. The zero-order chi connectivity index (χ0) is 22.2. The number of rotatable bonds is 3. The summed E-state index contributed by atoms with van der Waals surface area (Å²) in [5.41, 5.74) is 4.78. The molecule has 0 aliphatic heterocycles. The van der Waals surface area contributed by atoms with Gasteiger partial charge in [-0.15, -0.1) is 0 Å². The van der Waals surface area contributed by atoms with Gasteiger partial charge < -0.3 is 5.11 Å². The molecule has 0 saturated carbocycles. The SMILES string of the molecule is C=C(C)/C=C\C(F)=C/F.CC(C)(C)C.CO.ONc1cnc2ccccc2c1. The van der Waals surface area contributed by atoms with Gasteiger partial charge in [-0.3, -0.25) is 15.7 Å². The molecule has 0 aliphatic carbocycles. The van der Waals surface area contributed by atoms with Crippen molar-refractivity contribution in [1.82, 2.24) is 4.98 Å². The second-order valence-electron chi connectivity index (χ2n) is 7.20. The normalized spacial score (nSPS) is 10.7. The van der Waals surface area contributed by atoms with Crippen LogP contribution in [0.15, 0.2) is 73.0 Å². The van der Waals surface area contributed by atoms with Gasteiger partial charge in [0.1, 0.15) is 6.33 Å². The van der Waals surface area contributed by atoms with Crippen molar-refractivity contribution in [3.8, 4) is 0 Å². The van der Waals surface area contributed by atoms with Crippen LogP contribution in [0.3, 0.4) is 0 Å². The van der Waals surface area contributed by atoms with Gasteiger partial charge in [-0.25, -0.2) is 8.78 Å². The van der Waals surface area contributed by atoms with Crippen LogP contribution in [-0.4, -0.2) is 22.4 Å². The van der Waals surface area contributed by atoms with Crippen LogP contribution in [0, 0.1) is 5.41 Å². The number of hydrogen-bond donors (Lipinski definition) is 3. The third-order valence-electron chi connectivity index (χ3n) is 2.35. The molecule has 3 N–H and O–H groups in total. The monoisotopic (exact) mass is 394 g/mol. The van der Waals surface area contributed by atoms with Crippen LogP contribution in [0.1, 0.15) is 34.6 Å². The first-order valence-corrected chi connectivity index (χ1v) is 8.56. The fraction of sp³-hybridized carbons (Fsp3) is 0.318. The fourth-order valence-corrected chi connectivity index (χ4v) is 1.39. The van der Waals surface area contributed by atoms with Crippen molar-refractivity contribution >= 4 is 16.6 Å². The minimum Gasteiger partial charge on any atom is -0.400 e. The Hall–Kier alpha value is -2.57. The Labute approximate surface area is 166 Å². The van der Waals surface area contributed by atoms with Crippen molar-refractivity contribution in [2.75, 3.05) is 12.6 Å². The quantitative estimate of drug-likeness (QED) is 0.405. The summed E-state index contributed by atoms with van der Waals surface area (Å²) in [5, 5.41) is 16.6. The second-order valence-corrected chi connectivity index (χ2v) is 7.20. The standard InChI is InChI=1S/C9H8N2O.C7H8F2.C5H12.CH4O/c12-11-8-5-7-3-1-2-4-9(7)10-6-8;1-6(2)3-4-7(9)5-8;1-5(2,3)4;1-2/h1-6,11-12H;3-5H,1H2,2H3;1-4H3;2H,1H3/b;4-3-,7-5+;;. The van der Waals surface area contributed by atoms with Crippen molar-refractivity contribution in [2.45, 2.75) is 34.6 Å². The molecule has 156 valence electrons. The van der Waals surface area contributed by atoms with E-state index >= 15 is 0 Å². The highest BCUT2D eigenvalue weighted by molar-refractivity contribution is 5.81. The zero-order valence-corrected chi connectivity index (χ0v) is 17.5. The molecule has 0 fully saturated rings. The molecule has 2 aromatic rings. The number of pyridine rings is 1. The summed E-state index contributed by atoms with van der Waals surface area (Å²) in [6.07, 6.45) is 3.90. The molecular formula is C22H32F2N2O2. The molecule has 0 saturated heterocycles. The van der Waals surface area contributed by atoms with Crippen molar-refractivity contribution in [1.29, 1.82) is 0 Å².